The zero-order valence-corrected chi connectivity index (χ0v) is 18.7. The van der Waals surface area contributed by atoms with Gasteiger partial charge in [0.15, 0.2) is 0 Å². The van der Waals surface area contributed by atoms with E-state index in [4.69, 9.17) is 33.2 Å². The molecule has 1 aromatic carbocycles. The van der Waals surface area contributed by atoms with Crippen LogP contribution in [0.5, 0.6) is 5.88 Å². The van der Waals surface area contributed by atoms with Crippen molar-refractivity contribution in [3.63, 3.8) is 0 Å². The van der Waals surface area contributed by atoms with Crippen molar-refractivity contribution in [3.8, 4) is 11.9 Å². The summed E-state index contributed by atoms with van der Waals surface area (Å²) in [5, 5.41) is 17.5. The molecule has 1 fully saturated rings. The molecule has 1 saturated heterocycles. The van der Waals surface area contributed by atoms with E-state index < -0.39 is 0 Å². The van der Waals surface area contributed by atoms with Crippen LogP contribution >= 0.6 is 23.2 Å². The third-order valence-electron chi connectivity index (χ3n) is 5.63. The van der Waals surface area contributed by atoms with E-state index in [9.17, 15) is 4.79 Å². The van der Waals surface area contributed by atoms with E-state index in [0.717, 1.165) is 5.56 Å². The normalized spacial score (nSPS) is 18.8. The topological polar surface area (TPSA) is 92.0 Å². The van der Waals surface area contributed by atoms with Crippen molar-refractivity contribution in [2.45, 2.75) is 18.9 Å². The zero-order chi connectivity index (χ0) is 22.7. The minimum atomic E-state index is -0.261. The Morgan fingerprint density at radius 3 is 2.66 bits per heavy atom. The molecule has 4 rings (SSSR count). The number of hydrogen-bond acceptors (Lipinski definition) is 6. The number of benzene rings is 1. The summed E-state index contributed by atoms with van der Waals surface area (Å²) in [6.07, 6.45) is 4.17. The molecule has 32 heavy (non-hydrogen) atoms. The summed E-state index contributed by atoms with van der Waals surface area (Å²) in [4.78, 5) is 19.1. The smallest absolute Gasteiger partial charge is 0.255 e. The van der Waals surface area contributed by atoms with Gasteiger partial charge < -0.3 is 9.64 Å². The van der Waals surface area contributed by atoms with Crippen LogP contribution in [0.2, 0.25) is 10.0 Å². The van der Waals surface area contributed by atoms with Gasteiger partial charge in [-0.15, -0.1) is 0 Å². The minimum Gasteiger partial charge on any atom is -0.474 e. The zero-order valence-electron chi connectivity index (χ0n) is 17.2. The van der Waals surface area contributed by atoms with Crippen LogP contribution in [0.15, 0.2) is 55.0 Å². The van der Waals surface area contributed by atoms with Crippen molar-refractivity contribution < 1.29 is 9.53 Å². The van der Waals surface area contributed by atoms with Crippen molar-refractivity contribution in [1.29, 1.82) is 5.26 Å². The first-order chi connectivity index (χ1) is 15.5. The van der Waals surface area contributed by atoms with Crippen LogP contribution in [-0.4, -0.2) is 45.2 Å². The first kappa shape index (κ1) is 22.0. The summed E-state index contributed by atoms with van der Waals surface area (Å²) >= 11 is 12.4. The molecule has 1 aliphatic rings. The van der Waals surface area contributed by atoms with E-state index in [2.05, 4.69) is 15.2 Å². The van der Waals surface area contributed by atoms with Gasteiger partial charge in [0.25, 0.3) is 5.91 Å². The predicted molar refractivity (Wildman–Crippen MR) is 120 cm³/mol. The summed E-state index contributed by atoms with van der Waals surface area (Å²) in [5.74, 6) is 0.268. The molecule has 1 aliphatic heterocycles. The van der Waals surface area contributed by atoms with Gasteiger partial charge in [0.1, 0.15) is 12.2 Å². The van der Waals surface area contributed by atoms with Gasteiger partial charge in [-0.05, 0) is 36.8 Å². The molecule has 0 unspecified atom stereocenters. The minimum absolute atomic E-state index is 0.0168. The number of nitrogens with zero attached hydrogens (tertiary/aromatic N) is 5. The fourth-order valence-corrected chi connectivity index (χ4v) is 4.27. The molecular weight excluding hydrogens is 449 g/mol. The monoisotopic (exact) mass is 467 g/mol. The molecule has 2 aromatic heterocycles. The van der Waals surface area contributed by atoms with Crippen LogP contribution in [0.3, 0.4) is 0 Å². The molecule has 0 aliphatic carbocycles. The Bertz CT molecular complexity index is 1150. The molecule has 1 amide bonds. The second-order valence-electron chi connectivity index (χ2n) is 7.61. The number of carbonyl (C=O) groups is 1. The summed E-state index contributed by atoms with van der Waals surface area (Å²) in [5.41, 5.74) is 1.92. The van der Waals surface area contributed by atoms with Gasteiger partial charge >= 0.3 is 0 Å². The maximum atomic E-state index is 13.1. The van der Waals surface area contributed by atoms with Crippen molar-refractivity contribution in [2.24, 2.45) is 5.92 Å². The highest BCUT2D eigenvalue weighted by Gasteiger charge is 2.40. The standard InChI is InChI=1S/C23H19Cl2N5O2/c1-14(32-22-5-2-15(9-26)10-27-22)18-12-30(23(31)17-6-7-28-29-11-17)13-19(18)16-3-4-20(24)21(25)8-16/h2-8,10-11,14,18-19H,12-13H2,1H3/t14-,18+,19+/m0/s1. The third kappa shape index (κ3) is 4.67. The summed E-state index contributed by atoms with van der Waals surface area (Å²) in [7, 11) is 0. The van der Waals surface area contributed by atoms with Gasteiger partial charge in [-0.1, -0.05) is 29.3 Å². The molecule has 0 radical (unpaired) electrons. The van der Waals surface area contributed by atoms with Crippen molar-refractivity contribution >= 4 is 29.1 Å². The number of hydrogen-bond donors (Lipinski definition) is 0. The molecule has 3 heterocycles. The number of amides is 1. The Morgan fingerprint density at radius 1 is 1.16 bits per heavy atom. The summed E-state index contributed by atoms with van der Waals surface area (Å²) in [6, 6.07) is 12.6. The van der Waals surface area contributed by atoms with Gasteiger partial charge in [-0.2, -0.15) is 15.5 Å². The quantitative estimate of drug-likeness (QED) is 0.552. The van der Waals surface area contributed by atoms with Crippen LogP contribution in [-0.2, 0) is 0 Å². The Kier molecular flexibility index (Phi) is 6.54. The molecule has 3 aromatic rings. The molecule has 0 spiro atoms. The van der Waals surface area contributed by atoms with Crippen LogP contribution < -0.4 is 4.74 Å². The van der Waals surface area contributed by atoms with Gasteiger partial charge in [0, 0.05) is 37.2 Å². The highest BCUT2D eigenvalue weighted by molar-refractivity contribution is 6.42. The maximum absolute atomic E-state index is 13.1. The molecule has 7 nitrogen and oxygen atoms in total. The van der Waals surface area contributed by atoms with Gasteiger partial charge in [-0.25, -0.2) is 4.98 Å². The fraction of sp³-hybridized carbons (Fsp3) is 0.261. The van der Waals surface area contributed by atoms with Crippen LogP contribution in [0.1, 0.15) is 34.3 Å². The summed E-state index contributed by atoms with van der Waals surface area (Å²) < 4.78 is 6.10. The largest absolute Gasteiger partial charge is 0.474 e. The number of rotatable bonds is 5. The third-order valence-corrected chi connectivity index (χ3v) is 6.37. The first-order valence-electron chi connectivity index (χ1n) is 10.00. The predicted octanol–water partition coefficient (Wildman–Crippen LogP) is 4.37. The highest BCUT2D eigenvalue weighted by Crippen LogP contribution is 2.38. The Hall–Kier alpha value is -3.21. The lowest BCUT2D eigenvalue weighted by molar-refractivity contribution is 0.0769. The van der Waals surface area contributed by atoms with Gasteiger partial charge in [-0.3, -0.25) is 4.79 Å². The average molecular weight is 468 g/mol. The number of aromatic nitrogens is 3. The van der Waals surface area contributed by atoms with Gasteiger partial charge in [0.2, 0.25) is 5.88 Å². The lowest BCUT2D eigenvalue weighted by Gasteiger charge is -2.25. The summed E-state index contributed by atoms with van der Waals surface area (Å²) in [6.45, 7) is 2.94. The SMILES string of the molecule is C[C@H](Oc1ccc(C#N)cn1)[C@H]1CN(C(=O)c2ccnnc2)C[C@@H]1c1ccc(Cl)c(Cl)c1. The van der Waals surface area contributed by atoms with E-state index in [1.807, 2.05) is 25.1 Å². The molecule has 162 valence electrons. The van der Waals surface area contributed by atoms with E-state index in [1.165, 1.54) is 18.6 Å². The fourth-order valence-electron chi connectivity index (χ4n) is 3.96. The lowest BCUT2D eigenvalue weighted by atomic mass is 9.86. The second kappa shape index (κ2) is 9.51. The number of pyridine rings is 1. The first-order valence-corrected chi connectivity index (χ1v) is 10.8. The number of ether oxygens (including phenoxy) is 1. The maximum Gasteiger partial charge on any atom is 0.255 e. The van der Waals surface area contributed by atoms with Crippen molar-refractivity contribution in [1.82, 2.24) is 20.1 Å². The Morgan fingerprint density at radius 2 is 2.00 bits per heavy atom. The number of nitriles is 1. The Balaban J connectivity index is 1.60. The molecular formula is C23H19Cl2N5O2. The lowest BCUT2D eigenvalue weighted by Crippen LogP contribution is -2.32. The molecule has 3 atom stereocenters. The van der Waals surface area contributed by atoms with Crippen molar-refractivity contribution in [3.05, 3.63) is 81.7 Å². The van der Waals surface area contributed by atoms with E-state index in [0.29, 0.717) is 40.1 Å². The number of carbonyl (C=O) groups excluding carboxylic acids is 1. The number of likely N-dealkylation sites (tertiary alicyclic amines) is 1. The molecule has 0 saturated carbocycles. The van der Waals surface area contributed by atoms with Gasteiger partial charge in [0.05, 0.1) is 33.6 Å². The molecule has 9 heteroatoms. The number of halogens is 2. The van der Waals surface area contributed by atoms with Crippen molar-refractivity contribution in [2.75, 3.05) is 13.1 Å². The Labute approximate surface area is 195 Å². The molecule has 0 N–H and O–H groups in total. The van der Waals surface area contributed by atoms with Crippen LogP contribution in [0, 0.1) is 17.2 Å². The highest BCUT2D eigenvalue weighted by atomic mass is 35.5. The van der Waals surface area contributed by atoms with Crippen LogP contribution in [0.25, 0.3) is 0 Å². The second-order valence-corrected chi connectivity index (χ2v) is 8.42. The average Bonchev–Trinajstić information content (AvgIpc) is 3.27. The van der Waals surface area contributed by atoms with E-state index >= 15 is 0 Å². The van der Waals surface area contributed by atoms with E-state index in [1.54, 1.807) is 29.2 Å². The van der Waals surface area contributed by atoms with Crippen LogP contribution in [0.4, 0.5) is 0 Å². The molecule has 0 bridgehead atoms. The van der Waals surface area contributed by atoms with E-state index in [-0.39, 0.29) is 23.8 Å².